The average molecular weight is 415 g/mol. The van der Waals surface area contributed by atoms with Crippen molar-refractivity contribution < 1.29 is 14.6 Å². The van der Waals surface area contributed by atoms with Crippen LogP contribution in [0.25, 0.3) is 0 Å². The van der Waals surface area contributed by atoms with E-state index >= 15 is 0 Å². The molecule has 0 spiro atoms. The Morgan fingerprint density at radius 3 is 2.50 bits per heavy atom. The summed E-state index contributed by atoms with van der Waals surface area (Å²) in [7, 11) is 1.79. The molecular weight excluding hydrogens is 376 g/mol. The van der Waals surface area contributed by atoms with Gasteiger partial charge >= 0.3 is 0 Å². The summed E-state index contributed by atoms with van der Waals surface area (Å²) in [4.78, 5) is 15.1. The monoisotopic (exact) mass is 414 g/mol. The third kappa shape index (κ3) is 5.06. The van der Waals surface area contributed by atoms with Gasteiger partial charge in [0.2, 0.25) is 5.91 Å². The Morgan fingerprint density at radius 2 is 1.87 bits per heavy atom. The van der Waals surface area contributed by atoms with Crippen molar-refractivity contribution in [2.24, 2.45) is 17.3 Å². The molecule has 2 aliphatic carbocycles. The van der Waals surface area contributed by atoms with Crippen molar-refractivity contribution in [2.75, 3.05) is 40.0 Å². The first-order chi connectivity index (χ1) is 14.6. The number of aliphatic hydroxyl groups excluding tert-OH is 1. The molecule has 1 aromatic rings. The van der Waals surface area contributed by atoms with Crippen molar-refractivity contribution in [1.82, 2.24) is 10.2 Å². The second kappa shape index (κ2) is 9.80. The predicted octanol–water partition coefficient (Wildman–Crippen LogP) is 3.19. The highest BCUT2D eigenvalue weighted by atomic mass is 16.5. The minimum atomic E-state index is 0.129. The number of hydrogen-bond acceptors (Lipinski definition) is 4. The lowest BCUT2D eigenvalue weighted by Crippen LogP contribution is -2.50. The first kappa shape index (κ1) is 21.8. The van der Waals surface area contributed by atoms with Crippen molar-refractivity contribution in [2.45, 2.75) is 56.9 Å². The molecule has 0 aromatic heterocycles. The number of benzene rings is 1. The van der Waals surface area contributed by atoms with Gasteiger partial charge in [0, 0.05) is 56.6 Å². The lowest BCUT2D eigenvalue weighted by atomic mass is 9.77. The molecule has 0 bridgehead atoms. The molecule has 0 radical (unpaired) electrons. The van der Waals surface area contributed by atoms with Crippen LogP contribution in [0.4, 0.5) is 0 Å². The van der Waals surface area contributed by atoms with E-state index in [9.17, 15) is 9.90 Å². The molecule has 166 valence electrons. The SMILES string of the molecule is COCC1(CN[C@@H]2CC2c2ccccc2)CCN(C(=O)[C@H]2CC[C@@H](CO)CC2)CC1. The molecule has 5 nitrogen and oxygen atoms in total. The van der Waals surface area contributed by atoms with Crippen LogP contribution in [-0.2, 0) is 9.53 Å². The molecular formula is C25H38N2O3. The molecule has 1 heterocycles. The minimum absolute atomic E-state index is 0.129. The van der Waals surface area contributed by atoms with E-state index in [4.69, 9.17) is 4.74 Å². The van der Waals surface area contributed by atoms with Crippen LogP contribution in [0.15, 0.2) is 30.3 Å². The highest BCUT2D eigenvalue weighted by Crippen LogP contribution is 2.42. The number of methoxy groups -OCH3 is 1. The van der Waals surface area contributed by atoms with E-state index in [0.717, 1.165) is 64.8 Å². The smallest absolute Gasteiger partial charge is 0.225 e. The summed E-state index contributed by atoms with van der Waals surface area (Å²) in [6.07, 6.45) is 7.09. The van der Waals surface area contributed by atoms with Crippen molar-refractivity contribution in [3.63, 3.8) is 0 Å². The van der Waals surface area contributed by atoms with Crippen molar-refractivity contribution >= 4 is 5.91 Å². The third-order valence-corrected chi connectivity index (χ3v) is 7.80. The van der Waals surface area contributed by atoms with E-state index in [1.165, 1.54) is 12.0 Å². The number of nitrogens with one attached hydrogen (secondary N) is 1. The number of carbonyl (C=O) groups excluding carboxylic acids is 1. The van der Waals surface area contributed by atoms with Crippen LogP contribution in [0.3, 0.4) is 0 Å². The molecule has 2 N–H and O–H groups in total. The van der Waals surface area contributed by atoms with E-state index in [-0.39, 0.29) is 17.9 Å². The second-order valence-corrected chi connectivity index (χ2v) is 9.90. The quantitative estimate of drug-likeness (QED) is 0.686. The Bertz CT molecular complexity index is 679. The van der Waals surface area contributed by atoms with Crippen molar-refractivity contribution in [3.8, 4) is 0 Å². The molecule has 2 atom stereocenters. The van der Waals surface area contributed by atoms with Gasteiger partial charge in [-0.25, -0.2) is 0 Å². The van der Waals surface area contributed by atoms with Gasteiger partial charge in [-0.1, -0.05) is 30.3 Å². The molecule has 1 amide bonds. The van der Waals surface area contributed by atoms with Gasteiger partial charge < -0.3 is 20.1 Å². The summed E-state index contributed by atoms with van der Waals surface area (Å²) in [5.41, 5.74) is 1.57. The van der Waals surface area contributed by atoms with Gasteiger partial charge in [-0.3, -0.25) is 4.79 Å². The fraction of sp³-hybridized carbons (Fsp3) is 0.720. The number of carbonyl (C=O) groups is 1. The Morgan fingerprint density at radius 1 is 1.17 bits per heavy atom. The lowest BCUT2D eigenvalue weighted by Gasteiger charge is -2.43. The summed E-state index contributed by atoms with van der Waals surface area (Å²) < 4.78 is 5.62. The molecule has 1 aromatic carbocycles. The maximum Gasteiger partial charge on any atom is 0.225 e. The van der Waals surface area contributed by atoms with E-state index in [0.29, 0.717) is 23.8 Å². The largest absolute Gasteiger partial charge is 0.396 e. The summed E-state index contributed by atoms with van der Waals surface area (Å²) in [6, 6.07) is 11.4. The summed E-state index contributed by atoms with van der Waals surface area (Å²) >= 11 is 0. The standard InChI is InChI=1S/C25H38N2O3/c1-30-18-25(17-26-23-15-22(23)20-5-3-2-4-6-20)11-13-27(14-12-25)24(29)21-9-7-19(16-28)8-10-21/h2-6,19,21-23,26,28H,7-18H2,1H3/t19-,21+,22?,23-/m1/s1. The Hall–Kier alpha value is -1.43. The van der Waals surface area contributed by atoms with E-state index < -0.39 is 0 Å². The molecule has 1 saturated heterocycles. The highest BCUT2D eigenvalue weighted by Gasteiger charge is 2.42. The Balaban J connectivity index is 1.26. The number of ether oxygens (including phenoxy) is 1. The van der Waals surface area contributed by atoms with Crippen molar-refractivity contribution in [1.29, 1.82) is 0 Å². The molecule has 1 unspecified atom stereocenters. The van der Waals surface area contributed by atoms with Crippen LogP contribution in [0.2, 0.25) is 0 Å². The van der Waals surface area contributed by atoms with Gasteiger partial charge in [-0.2, -0.15) is 0 Å². The topological polar surface area (TPSA) is 61.8 Å². The maximum absolute atomic E-state index is 13.0. The molecule has 4 rings (SSSR count). The Labute approximate surface area is 181 Å². The van der Waals surface area contributed by atoms with Gasteiger partial charge in [0.15, 0.2) is 0 Å². The number of likely N-dealkylation sites (tertiary alicyclic amines) is 1. The van der Waals surface area contributed by atoms with E-state index in [1.807, 2.05) is 0 Å². The average Bonchev–Trinajstić information content (AvgIpc) is 3.59. The van der Waals surface area contributed by atoms with Gasteiger partial charge in [0.25, 0.3) is 0 Å². The van der Waals surface area contributed by atoms with E-state index in [2.05, 4.69) is 40.5 Å². The lowest BCUT2D eigenvalue weighted by molar-refractivity contribution is -0.140. The molecule has 2 saturated carbocycles. The highest BCUT2D eigenvalue weighted by molar-refractivity contribution is 5.79. The van der Waals surface area contributed by atoms with Crippen LogP contribution in [0.1, 0.15) is 56.4 Å². The zero-order valence-electron chi connectivity index (χ0n) is 18.4. The number of nitrogens with zero attached hydrogens (tertiary/aromatic N) is 1. The predicted molar refractivity (Wildman–Crippen MR) is 118 cm³/mol. The van der Waals surface area contributed by atoms with Crippen LogP contribution in [0, 0.1) is 17.3 Å². The number of hydrogen-bond donors (Lipinski definition) is 2. The number of aliphatic hydroxyl groups is 1. The number of amides is 1. The molecule has 3 fully saturated rings. The van der Waals surface area contributed by atoms with E-state index in [1.54, 1.807) is 7.11 Å². The first-order valence-electron chi connectivity index (χ1n) is 11.8. The first-order valence-corrected chi connectivity index (χ1v) is 11.8. The zero-order chi connectivity index (χ0) is 21.0. The van der Waals surface area contributed by atoms with Gasteiger partial charge in [-0.05, 0) is 56.4 Å². The molecule has 30 heavy (non-hydrogen) atoms. The maximum atomic E-state index is 13.0. The van der Waals surface area contributed by atoms with Gasteiger partial charge in [0.05, 0.1) is 6.61 Å². The number of rotatable bonds is 8. The Kier molecular flexibility index (Phi) is 7.12. The summed E-state index contributed by atoms with van der Waals surface area (Å²) in [5.74, 6) is 1.55. The zero-order valence-corrected chi connectivity index (χ0v) is 18.4. The summed E-state index contributed by atoms with van der Waals surface area (Å²) in [5, 5.41) is 13.1. The van der Waals surface area contributed by atoms with Crippen LogP contribution in [0.5, 0.6) is 0 Å². The molecule has 5 heteroatoms. The molecule has 3 aliphatic rings. The summed E-state index contributed by atoms with van der Waals surface area (Å²) in [6.45, 7) is 3.68. The van der Waals surface area contributed by atoms with Crippen molar-refractivity contribution in [3.05, 3.63) is 35.9 Å². The second-order valence-electron chi connectivity index (χ2n) is 9.90. The fourth-order valence-corrected chi connectivity index (χ4v) is 5.57. The van der Waals surface area contributed by atoms with Gasteiger partial charge in [-0.15, -0.1) is 0 Å². The minimum Gasteiger partial charge on any atom is -0.396 e. The van der Waals surface area contributed by atoms with Crippen LogP contribution >= 0.6 is 0 Å². The van der Waals surface area contributed by atoms with Crippen LogP contribution in [-0.4, -0.2) is 61.9 Å². The molecule has 1 aliphatic heterocycles. The fourth-order valence-electron chi connectivity index (χ4n) is 5.57. The number of piperidine rings is 1. The van der Waals surface area contributed by atoms with Crippen LogP contribution < -0.4 is 5.32 Å². The van der Waals surface area contributed by atoms with Gasteiger partial charge in [0.1, 0.15) is 0 Å². The third-order valence-electron chi connectivity index (χ3n) is 7.80. The normalized spacial score (nSPS) is 30.8.